The number of fused-ring (bicyclic) bond motifs is 1. The van der Waals surface area contributed by atoms with Gasteiger partial charge in [-0.05, 0) is 26.4 Å². The van der Waals surface area contributed by atoms with E-state index in [-0.39, 0.29) is 0 Å². The lowest BCUT2D eigenvalue weighted by molar-refractivity contribution is 0.157. The van der Waals surface area contributed by atoms with Gasteiger partial charge in [-0.3, -0.25) is 0 Å². The van der Waals surface area contributed by atoms with E-state index in [0.717, 1.165) is 12.1 Å². The molecule has 0 aliphatic rings. The number of benzene rings is 1. The third kappa shape index (κ3) is 2.15. The summed E-state index contributed by atoms with van der Waals surface area (Å²) in [7, 11) is 5.89. The second-order valence-corrected chi connectivity index (χ2v) is 5.01. The van der Waals surface area contributed by atoms with Crippen molar-refractivity contribution in [2.45, 2.75) is 11.6 Å². The van der Waals surface area contributed by atoms with Gasteiger partial charge in [0.05, 0.1) is 5.52 Å². The second-order valence-electron chi connectivity index (χ2n) is 4.22. The maximum atomic E-state index is 5.49. The van der Waals surface area contributed by atoms with E-state index in [1.807, 2.05) is 10.8 Å². The molecule has 0 unspecified atom stereocenters. The Morgan fingerprint density at radius 3 is 2.59 bits per heavy atom. The number of para-hydroxylation sites is 1. The summed E-state index contributed by atoms with van der Waals surface area (Å²) >= 11 is 1.73. The Morgan fingerprint density at radius 2 is 2.00 bits per heavy atom. The fourth-order valence-electron chi connectivity index (χ4n) is 2.11. The minimum atomic E-state index is 0.924. The molecule has 17 heavy (non-hydrogen) atoms. The lowest BCUT2D eigenvalue weighted by Crippen LogP contribution is -2.12. The Morgan fingerprint density at radius 1 is 1.29 bits per heavy atom. The molecule has 3 nitrogen and oxygen atoms in total. The zero-order valence-corrected chi connectivity index (χ0v) is 11.5. The second kappa shape index (κ2) is 5.02. The van der Waals surface area contributed by atoms with Gasteiger partial charge in [-0.15, -0.1) is 11.8 Å². The highest BCUT2D eigenvalue weighted by Gasteiger charge is 2.16. The summed E-state index contributed by atoms with van der Waals surface area (Å²) in [6.07, 6.45) is 2.09. The Labute approximate surface area is 106 Å². The quantitative estimate of drug-likeness (QED) is 0.776. The summed E-state index contributed by atoms with van der Waals surface area (Å²) in [4.78, 5) is 7.67. The summed E-state index contributed by atoms with van der Waals surface area (Å²) < 4.78 is 1.92. The summed E-state index contributed by atoms with van der Waals surface area (Å²) in [5, 5.41) is 2.45. The third-order valence-electron chi connectivity index (χ3n) is 2.74. The van der Waals surface area contributed by atoms with E-state index in [1.54, 1.807) is 18.9 Å². The third-order valence-corrected chi connectivity index (χ3v) is 3.54. The minimum Gasteiger partial charge on any atom is -0.416 e. The first-order chi connectivity index (χ1) is 8.19. The first-order valence-electron chi connectivity index (χ1n) is 5.54. The molecular weight excluding hydrogens is 232 g/mol. The van der Waals surface area contributed by atoms with Crippen molar-refractivity contribution in [2.75, 3.05) is 27.5 Å². The molecule has 1 aromatic carbocycles. The molecule has 0 bridgehead atoms. The number of hydrogen-bond acceptors (Lipinski definition) is 3. The monoisotopic (exact) mass is 250 g/mol. The summed E-state index contributed by atoms with van der Waals surface area (Å²) in [6, 6.07) is 8.37. The van der Waals surface area contributed by atoms with Gasteiger partial charge in [0.2, 0.25) is 0 Å². The van der Waals surface area contributed by atoms with Crippen molar-refractivity contribution in [3.63, 3.8) is 0 Å². The molecule has 0 aliphatic carbocycles. The lowest BCUT2D eigenvalue weighted by atomic mass is 10.2. The zero-order valence-electron chi connectivity index (χ0n) is 10.7. The number of aromatic nitrogens is 1. The van der Waals surface area contributed by atoms with Gasteiger partial charge in [0, 0.05) is 17.5 Å². The van der Waals surface area contributed by atoms with Crippen molar-refractivity contribution >= 4 is 22.7 Å². The molecule has 0 fully saturated rings. The van der Waals surface area contributed by atoms with Crippen LogP contribution in [0.25, 0.3) is 10.9 Å². The molecule has 92 valence electrons. The number of thioether (sulfide) groups is 1. The van der Waals surface area contributed by atoms with Gasteiger partial charge < -0.3 is 9.74 Å². The van der Waals surface area contributed by atoms with Crippen LogP contribution < -0.4 is 4.84 Å². The van der Waals surface area contributed by atoms with Crippen LogP contribution in [0.4, 0.5) is 0 Å². The largest absolute Gasteiger partial charge is 0.416 e. The molecule has 1 aromatic heterocycles. The summed E-state index contributed by atoms with van der Waals surface area (Å²) in [6.45, 7) is 0.924. The molecule has 2 rings (SSSR count). The first-order valence-corrected chi connectivity index (χ1v) is 6.77. The van der Waals surface area contributed by atoms with Crippen molar-refractivity contribution in [3.05, 3.63) is 29.8 Å². The van der Waals surface area contributed by atoms with E-state index in [4.69, 9.17) is 4.84 Å². The smallest absolute Gasteiger partial charge is 0.118 e. The molecule has 4 heteroatoms. The van der Waals surface area contributed by atoms with Crippen LogP contribution in [0.1, 0.15) is 5.56 Å². The van der Waals surface area contributed by atoms with Crippen LogP contribution in [0.2, 0.25) is 0 Å². The summed E-state index contributed by atoms with van der Waals surface area (Å²) in [5.41, 5.74) is 2.47. The van der Waals surface area contributed by atoms with Crippen LogP contribution >= 0.6 is 11.8 Å². The highest BCUT2D eigenvalue weighted by molar-refractivity contribution is 7.98. The Kier molecular flexibility index (Phi) is 3.64. The maximum Gasteiger partial charge on any atom is 0.118 e. The van der Waals surface area contributed by atoms with Gasteiger partial charge >= 0.3 is 0 Å². The topological polar surface area (TPSA) is 17.4 Å². The predicted octanol–water partition coefficient (Wildman–Crippen LogP) is 2.48. The van der Waals surface area contributed by atoms with E-state index in [1.165, 1.54) is 16.0 Å². The molecule has 0 N–H and O–H groups in total. The van der Waals surface area contributed by atoms with E-state index >= 15 is 0 Å². The molecule has 1 heterocycles. The summed E-state index contributed by atoms with van der Waals surface area (Å²) in [5.74, 6) is 0. The van der Waals surface area contributed by atoms with Crippen molar-refractivity contribution in [2.24, 2.45) is 0 Å². The molecule has 0 saturated carbocycles. The lowest BCUT2D eigenvalue weighted by Gasteiger charge is -2.11. The molecule has 0 atom stereocenters. The average Bonchev–Trinajstić information content (AvgIpc) is 2.62. The van der Waals surface area contributed by atoms with Crippen LogP contribution in [0, 0.1) is 0 Å². The van der Waals surface area contributed by atoms with Gasteiger partial charge in [0.1, 0.15) is 12.1 Å². The Hall–Kier alpha value is -1.13. The van der Waals surface area contributed by atoms with Gasteiger partial charge in [0.15, 0.2) is 0 Å². The molecule has 0 aliphatic heterocycles. The number of nitrogens with zero attached hydrogens (tertiary/aromatic N) is 2. The fourth-order valence-corrected chi connectivity index (χ4v) is 2.87. The molecule has 2 aromatic rings. The van der Waals surface area contributed by atoms with Crippen LogP contribution in [0.5, 0.6) is 0 Å². The van der Waals surface area contributed by atoms with Gasteiger partial charge in [-0.1, -0.05) is 18.2 Å². The van der Waals surface area contributed by atoms with E-state index < -0.39 is 0 Å². The van der Waals surface area contributed by atoms with Gasteiger partial charge in [-0.2, -0.15) is 4.73 Å². The minimum absolute atomic E-state index is 0.924. The highest BCUT2D eigenvalue weighted by Crippen LogP contribution is 2.31. The Balaban J connectivity index is 2.69. The van der Waals surface area contributed by atoms with Crippen LogP contribution in [-0.4, -0.2) is 37.1 Å². The molecule has 0 radical (unpaired) electrons. The molecule has 0 spiro atoms. The Bertz CT molecular complexity index is 519. The molecular formula is C13H18N2OS. The average molecular weight is 250 g/mol. The van der Waals surface area contributed by atoms with Crippen molar-refractivity contribution in [3.8, 4) is 0 Å². The van der Waals surface area contributed by atoms with E-state index in [2.05, 4.69) is 43.5 Å². The van der Waals surface area contributed by atoms with Crippen LogP contribution in [0.15, 0.2) is 29.3 Å². The first kappa shape index (κ1) is 12.3. The van der Waals surface area contributed by atoms with Gasteiger partial charge in [-0.25, -0.2) is 0 Å². The maximum absolute atomic E-state index is 5.49. The number of hydrogen-bond donors (Lipinski definition) is 0. The van der Waals surface area contributed by atoms with Crippen LogP contribution in [-0.2, 0) is 6.54 Å². The van der Waals surface area contributed by atoms with Crippen molar-refractivity contribution in [1.29, 1.82) is 0 Å². The van der Waals surface area contributed by atoms with Crippen molar-refractivity contribution < 1.29 is 4.84 Å². The van der Waals surface area contributed by atoms with E-state index in [9.17, 15) is 0 Å². The standard InChI is InChI=1S/C13H18N2OS/c1-14(2)9-11-10-7-5-6-8-12(10)15(16-3)13(11)17-4/h5-8H,9H2,1-4H3. The fraction of sp³-hybridized carbons (Fsp3) is 0.385. The highest BCUT2D eigenvalue weighted by atomic mass is 32.2. The molecule has 0 saturated heterocycles. The normalized spacial score (nSPS) is 11.4. The number of rotatable bonds is 4. The van der Waals surface area contributed by atoms with Crippen LogP contribution in [0.3, 0.4) is 0 Å². The van der Waals surface area contributed by atoms with Gasteiger partial charge in [0.25, 0.3) is 0 Å². The van der Waals surface area contributed by atoms with E-state index in [0.29, 0.717) is 0 Å². The zero-order chi connectivity index (χ0) is 12.4. The SMILES string of the molecule is COn1c(SC)c(CN(C)C)c2ccccc21. The molecule has 0 amide bonds. The predicted molar refractivity (Wildman–Crippen MR) is 73.6 cm³/mol. The van der Waals surface area contributed by atoms with Crippen molar-refractivity contribution in [1.82, 2.24) is 9.63 Å².